The second-order valence-corrected chi connectivity index (χ2v) is 42.0. The van der Waals surface area contributed by atoms with Crippen LogP contribution in [-0.2, 0) is 114 Å². The van der Waals surface area contributed by atoms with E-state index < -0.39 is 180 Å². The van der Waals surface area contributed by atoms with E-state index in [0.717, 1.165) is 13.3 Å². The van der Waals surface area contributed by atoms with Gasteiger partial charge in [-0.15, -0.1) is 0 Å². The van der Waals surface area contributed by atoms with Gasteiger partial charge in [0.25, 0.3) is 18.1 Å². The van der Waals surface area contributed by atoms with E-state index in [9.17, 15) is 130 Å². The third kappa shape index (κ3) is 24.9. The number of ether oxygens (including phenoxy) is 5. The average molecular weight is 2010 g/mol. The molecule has 9 unspecified atom stereocenters. The second-order valence-electron chi connectivity index (χ2n) is 31.6. The van der Waals surface area contributed by atoms with E-state index >= 15 is 0 Å². The van der Waals surface area contributed by atoms with Crippen LogP contribution in [0.15, 0.2) is 290 Å². The van der Waals surface area contributed by atoms with Crippen molar-refractivity contribution in [3.05, 3.63) is 261 Å². The summed E-state index contributed by atoms with van der Waals surface area (Å²) in [4.78, 5) is 103. The largest absolute Gasteiger partial charge is 0.743 e. The van der Waals surface area contributed by atoms with Gasteiger partial charge in [0.05, 0.1) is 58.3 Å². The van der Waals surface area contributed by atoms with Crippen molar-refractivity contribution in [2.75, 3.05) is 26.2 Å². The first-order valence-electron chi connectivity index (χ1n) is 41.0. The molecule has 3 saturated carbocycles. The van der Waals surface area contributed by atoms with E-state index in [1.165, 1.54) is 54.4 Å². The minimum absolute atomic E-state index is 0.0146. The van der Waals surface area contributed by atoms with Gasteiger partial charge in [-0.1, -0.05) is 166 Å². The molecular weight excluding hydrogens is 1920 g/mol. The molecule has 3 aliphatic carbocycles. The molecule has 15 rings (SSSR count). The molecule has 3 heterocycles. The fourth-order valence-electron chi connectivity index (χ4n) is 15.7. The van der Waals surface area contributed by atoms with Crippen molar-refractivity contribution in [3.63, 3.8) is 0 Å². The molecule has 4 bridgehead atoms. The van der Waals surface area contributed by atoms with Crippen molar-refractivity contribution in [2.45, 2.75) is 154 Å². The number of amides is 3. The number of esters is 5. The minimum atomic E-state index is -6.81. The van der Waals surface area contributed by atoms with Crippen molar-refractivity contribution >= 4 is 130 Å². The molecular formula is C92H87F12N3O22S6. The molecule has 1 aromatic heterocycles. The Hall–Kier alpha value is -11.5. The molecule has 5 fully saturated rings. The van der Waals surface area contributed by atoms with E-state index in [0.29, 0.717) is 12.8 Å². The van der Waals surface area contributed by atoms with E-state index in [-0.39, 0.29) is 69.1 Å². The normalized spacial score (nSPS) is 19.6. The van der Waals surface area contributed by atoms with Crippen LogP contribution in [0.1, 0.15) is 72.6 Å². The van der Waals surface area contributed by atoms with Gasteiger partial charge in [-0.05, 0) is 148 Å². The summed E-state index contributed by atoms with van der Waals surface area (Å²) < 4.78 is 271. The zero-order valence-electron chi connectivity index (χ0n) is 71.6. The van der Waals surface area contributed by atoms with Gasteiger partial charge in [-0.25, -0.2) is 25.3 Å². The van der Waals surface area contributed by atoms with Gasteiger partial charge in [-0.3, -0.25) is 38.4 Å². The fourth-order valence-corrected chi connectivity index (χ4v) is 23.4. The number of carbonyl (C=O) groups is 8. The van der Waals surface area contributed by atoms with Crippen LogP contribution in [-0.4, -0.2) is 165 Å². The Kier molecular flexibility index (Phi) is 34.2. The topological polar surface area (TPSA) is 390 Å². The smallest absolute Gasteiger partial charge is 0.432 e. The van der Waals surface area contributed by atoms with Crippen LogP contribution >= 0.6 is 10.5 Å². The Bertz CT molecular complexity index is 5830. The maximum Gasteiger partial charge on any atom is 0.432 e. The lowest BCUT2D eigenvalue weighted by molar-refractivity contribution is -0.259. The van der Waals surface area contributed by atoms with Crippen LogP contribution in [0.2, 0.25) is 0 Å². The van der Waals surface area contributed by atoms with Gasteiger partial charge >= 0.3 is 58.0 Å². The van der Waals surface area contributed by atoms with Crippen LogP contribution in [0, 0.1) is 34.5 Å². The lowest BCUT2D eigenvalue weighted by atomic mass is 9.66. The highest BCUT2D eigenvalue weighted by Crippen LogP contribution is 2.66. The number of hydrogen-bond donors (Lipinski definition) is 3. The first-order valence-corrected chi connectivity index (χ1v) is 48.9. The third-order valence-electron chi connectivity index (χ3n) is 22.7. The summed E-state index contributed by atoms with van der Waals surface area (Å²) in [6.45, 7) is 2.56. The monoisotopic (exact) mass is 2010 g/mol. The van der Waals surface area contributed by atoms with Crippen molar-refractivity contribution in [2.24, 2.45) is 34.5 Å². The Labute approximate surface area is 775 Å². The van der Waals surface area contributed by atoms with Crippen molar-refractivity contribution in [3.8, 4) is 4.90 Å². The molecule has 135 heavy (non-hydrogen) atoms. The van der Waals surface area contributed by atoms with E-state index in [1.807, 2.05) is 5.32 Å². The molecule has 3 amide bonds. The van der Waals surface area contributed by atoms with Gasteiger partial charge in [0, 0.05) is 59.1 Å². The summed E-state index contributed by atoms with van der Waals surface area (Å²) >= 11 is 0. The molecule has 9 atom stereocenters. The summed E-state index contributed by atoms with van der Waals surface area (Å²) in [7, 11) is -19.4. The average Bonchev–Trinajstić information content (AvgIpc) is 1.51. The Morgan fingerprint density at radius 1 is 0.467 bits per heavy atom. The molecule has 0 radical (unpaired) electrons. The molecule has 2 aliphatic heterocycles. The summed E-state index contributed by atoms with van der Waals surface area (Å²) in [5, 5.41) is -7.16. The lowest BCUT2D eigenvalue weighted by Crippen LogP contribution is -2.54. The SMILES string of the molecule is CC(=O)NCCC(=O)OC(C(F)(F)F)C(F)(F)S(=O)(=O)[O-].CC12CCC(C(=O)NCCC(=O)OC(C(F)(F)F)C(F)(F)S(=O)(=O)[O-])(OC1=O)C2(C)C.O=C(CCNC(=O)C1C2CC3OC(=O)C1C3C2)OCC(F)(F)S(=O)(=O)[O-].c1ccc(-[s+]2c3ccccc3c3ccccc32)cc1.c1ccc([S+](c2ccccc2)c2ccccc2)cc1.c1ccc([S+](c2ccccc2)c2ccccc2)cc1. The van der Waals surface area contributed by atoms with E-state index in [1.54, 1.807) is 20.8 Å². The van der Waals surface area contributed by atoms with Crippen LogP contribution in [0.5, 0.6) is 0 Å². The molecule has 2 saturated heterocycles. The molecule has 3 N–H and O–H groups in total. The number of benzene rings is 9. The highest BCUT2D eigenvalue weighted by Gasteiger charge is 2.76. The van der Waals surface area contributed by atoms with Crippen LogP contribution in [0.25, 0.3) is 25.1 Å². The molecule has 9 aromatic carbocycles. The predicted molar refractivity (Wildman–Crippen MR) is 467 cm³/mol. The molecule has 722 valence electrons. The number of nitrogens with one attached hydrogen (secondary N) is 3. The van der Waals surface area contributed by atoms with Crippen LogP contribution in [0.4, 0.5) is 52.7 Å². The molecule has 0 spiro atoms. The van der Waals surface area contributed by atoms with Crippen molar-refractivity contribution < 1.29 is 154 Å². The molecule has 43 heteroatoms. The number of rotatable bonds is 27. The van der Waals surface area contributed by atoms with Crippen LogP contribution < -0.4 is 16.0 Å². The summed E-state index contributed by atoms with van der Waals surface area (Å²) in [6, 6.07) is 92.7. The maximum absolute atomic E-state index is 13.3. The molecule has 5 aliphatic rings. The van der Waals surface area contributed by atoms with Crippen molar-refractivity contribution in [1.82, 2.24) is 16.0 Å². The predicted octanol–water partition coefficient (Wildman–Crippen LogP) is 16.0. The Morgan fingerprint density at radius 3 is 1.16 bits per heavy atom. The van der Waals surface area contributed by atoms with Gasteiger partial charge in [0.2, 0.25) is 11.8 Å². The number of halogens is 12. The summed E-state index contributed by atoms with van der Waals surface area (Å²) in [5.41, 5.74) is -3.48. The fraction of sp³-hybridized carbons (Fsp3) is 0.326. The van der Waals surface area contributed by atoms with Gasteiger partial charge < -0.3 is 53.3 Å². The van der Waals surface area contributed by atoms with E-state index in [4.69, 9.17) is 9.47 Å². The first-order chi connectivity index (χ1) is 63.3. The first kappa shape index (κ1) is 106. The zero-order valence-corrected chi connectivity index (χ0v) is 76.5. The summed E-state index contributed by atoms with van der Waals surface area (Å²) in [5.74, 6) is -8.82. The Balaban J connectivity index is 0.000000169. The Morgan fingerprint density at radius 2 is 0.815 bits per heavy atom. The molecule has 10 aromatic rings. The number of alkyl halides is 12. The van der Waals surface area contributed by atoms with Gasteiger partial charge in [0.1, 0.15) is 6.10 Å². The third-order valence-corrected chi connectivity index (χ3v) is 32.1. The number of thiophene rings is 1. The zero-order chi connectivity index (χ0) is 99.1. The maximum atomic E-state index is 13.3. The summed E-state index contributed by atoms with van der Waals surface area (Å²) in [6.07, 6.45) is -21.7. The second kappa shape index (κ2) is 43.7. The van der Waals surface area contributed by atoms with E-state index in [2.05, 4.69) is 286 Å². The van der Waals surface area contributed by atoms with Crippen molar-refractivity contribution in [1.29, 1.82) is 0 Å². The minimum Gasteiger partial charge on any atom is -0.743 e. The standard InChI is InChI=1S/C18H13S.2C18H15S.C16H20F5NO8S.C14H17F2NO8S.C8H10F5NO6S/c1-2-8-14(9-3-1)19-17-12-6-4-10-15(17)16-11-5-7-13-18(16)19;2*1-4-10-16(11-5-1)19(17-12-6-2-7-13-17)18-14-8-3-9-15-18;1-12(2)13(3)5-6-14(12,30-11(13)25)10(24)22-7-4-8(23)29-9(15(17,18)19)16(20,21)31(26,27)28;15-14(16,26(21,22)23)5-24-9(18)1-2-17-12(19)10-6-3-7-8(4-6)25-13(20)11(7)10;1-4(15)14-3-2-5(16)20-6(7(9,10)11)8(12,13)21(17,18)19/h1-13H;2*1-15H;9H,4-7H2,1-3H3,(H,22,24)(H,26,27,28);6-8,10-11H,1-5H2,(H,17,19)(H,21,22,23);6H,2-3H2,1H3,(H,14,15)(H,17,18,19)/q3*+1;;;/p-3. The highest BCUT2D eigenvalue weighted by atomic mass is 32.2. The van der Waals surface area contributed by atoms with Gasteiger partial charge in [0.15, 0.2) is 86.2 Å². The quantitative estimate of drug-likeness (QED) is 0.0141. The number of hydrogen-bond acceptors (Lipinski definition) is 22. The molecule has 25 nitrogen and oxygen atoms in total. The lowest BCUT2D eigenvalue weighted by Gasteiger charge is -2.35. The number of carbonyl (C=O) groups excluding carboxylic acids is 8. The van der Waals surface area contributed by atoms with Crippen LogP contribution in [0.3, 0.4) is 0 Å². The highest BCUT2D eigenvalue weighted by molar-refractivity contribution is 7.97. The number of fused-ring (bicyclic) bond motifs is 6. The van der Waals surface area contributed by atoms with Gasteiger partial charge in [-0.2, -0.15) is 52.7 Å².